The molecule has 1 aliphatic heterocycles. The van der Waals surface area contributed by atoms with E-state index in [4.69, 9.17) is 22.4 Å². The van der Waals surface area contributed by atoms with E-state index in [2.05, 4.69) is 5.32 Å². The maximum Gasteiger partial charge on any atom is 0.409 e. The minimum atomic E-state index is -1.13. The van der Waals surface area contributed by atoms with Crippen molar-refractivity contribution in [1.82, 2.24) is 0 Å². The predicted octanol–water partition coefficient (Wildman–Crippen LogP) is 2.40. The molecule has 0 radical (unpaired) electrons. The van der Waals surface area contributed by atoms with Crippen LogP contribution in [0.25, 0.3) is 0 Å². The Hall–Kier alpha value is -1.50. The zero-order valence-corrected chi connectivity index (χ0v) is 14.4. The SMILES string of the molecule is CC(C)(C)C1(Cl)CN(CC(O)CN)c2cccc(NC(=O)O)c21. The molecule has 5 N–H and O–H groups in total. The fourth-order valence-corrected chi connectivity index (χ4v) is 3.31. The summed E-state index contributed by atoms with van der Waals surface area (Å²) in [6.45, 7) is 7.04. The largest absolute Gasteiger partial charge is 0.465 e. The number of rotatable bonds is 4. The lowest BCUT2D eigenvalue weighted by Gasteiger charge is -2.38. The fraction of sp³-hybridized carbons (Fsp3) is 0.562. The number of carbonyl (C=O) groups is 1. The van der Waals surface area contributed by atoms with Gasteiger partial charge in [0.15, 0.2) is 0 Å². The second-order valence-electron chi connectivity index (χ2n) is 6.95. The van der Waals surface area contributed by atoms with Crippen molar-refractivity contribution in [3.8, 4) is 0 Å². The Balaban J connectivity index is 2.56. The van der Waals surface area contributed by atoms with Gasteiger partial charge in [0, 0.05) is 30.9 Å². The van der Waals surface area contributed by atoms with Gasteiger partial charge in [-0.3, -0.25) is 5.32 Å². The maximum absolute atomic E-state index is 11.1. The highest BCUT2D eigenvalue weighted by molar-refractivity contribution is 6.27. The first-order chi connectivity index (χ1) is 10.6. The second-order valence-corrected chi connectivity index (χ2v) is 7.60. The molecule has 128 valence electrons. The van der Waals surface area contributed by atoms with Crippen LogP contribution in [0, 0.1) is 5.41 Å². The van der Waals surface area contributed by atoms with E-state index in [9.17, 15) is 9.90 Å². The lowest BCUT2D eigenvalue weighted by molar-refractivity contribution is 0.185. The number of halogens is 1. The molecule has 23 heavy (non-hydrogen) atoms. The first-order valence-corrected chi connectivity index (χ1v) is 7.93. The third-order valence-corrected chi connectivity index (χ3v) is 5.20. The molecule has 0 saturated carbocycles. The Morgan fingerprint density at radius 2 is 2.17 bits per heavy atom. The Bertz CT molecular complexity index is 603. The van der Waals surface area contributed by atoms with Crippen molar-refractivity contribution in [2.45, 2.75) is 31.7 Å². The normalized spacial score (nSPS) is 21.9. The van der Waals surface area contributed by atoms with Gasteiger partial charge in [0.05, 0.1) is 16.7 Å². The van der Waals surface area contributed by atoms with Crippen LogP contribution in [0.1, 0.15) is 26.3 Å². The monoisotopic (exact) mass is 341 g/mol. The summed E-state index contributed by atoms with van der Waals surface area (Å²) in [5.74, 6) is 0. The summed E-state index contributed by atoms with van der Waals surface area (Å²) in [5, 5.41) is 21.4. The Labute approximate surface area is 141 Å². The third-order valence-electron chi connectivity index (χ3n) is 4.32. The highest BCUT2D eigenvalue weighted by Crippen LogP contribution is 2.56. The number of anilines is 2. The molecule has 7 heteroatoms. The number of aliphatic hydroxyl groups is 1. The smallest absolute Gasteiger partial charge is 0.409 e. The van der Waals surface area contributed by atoms with E-state index in [0.717, 1.165) is 11.3 Å². The van der Waals surface area contributed by atoms with Crippen LogP contribution in [-0.4, -0.2) is 42.0 Å². The molecular weight excluding hydrogens is 318 g/mol. The van der Waals surface area contributed by atoms with Gasteiger partial charge in [-0.05, 0) is 17.5 Å². The summed E-state index contributed by atoms with van der Waals surface area (Å²) < 4.78 is 0. The number of carboxylic acid groups (broad SMARTS) is 1. The van der Waals surface area contributed by atoms with Crippen LogP contribution in [0.5, 0.6) is 0 Å². The lowest BCUT2D eigenvalue weighted by Crippen LogP contribution is -2.43. The minimum absolute atomic E-state index is 0.156. The van der Waals surface area contributed by atoms with Crippen molar-refractivity contribution >= 4 is 29.1 Å². The van der Waals surface area contributed by atoms with Gasteiger partial charge in [-0.25, -0.2) is 4.79 Å². The molecule has 1 aromatic carbocycles. The molecule has 6 nitrogen and oxygen atoms in total. The zero-order valence-electron chi connectivity index (χ0n) is 13.6. The Morgan fingerprint density at radius 3 is 2.70 bits per heavy atom. The molecule has 0 spiro atoms. The third kappa shape index (κ3) is 3.24. The van der Waals surface area contributed by atoms with Crippen molar-refractivity contribution in [2.75, 3.05) is 29.9 Å². The van der Waals surface area contributed by atoms with Crippen LogP contribution in [0.15, 0.2) is 18.2 Å². The molecular formula is C16H24ClN3O3. The van der Waals surface area contributed by atoms with Crippen LogP contribution in [0.3, 0.4) is 0 Å². The molecule has 0 aliphatic carbocycles. The quantitative estimate of drug-likeness (QED) is 0.630. The first kappa shape index (κ1) is 17.8. The Kier molecular flexibility index (Phi) is 4.80. The number of alkyl halides is 1. The first-order valence-electron chi connectivity index (χ1n) is 7.55. The molecule has 1 amide bonds. The van der Waals surface area contributed by atoms with Crippen molar-refractivity contribution in [1.29, 1.82) is 0 Å². The number of aliphatic hydroxyl groups excluding tert-OH is 1. The van der Waals surface area contributed by atoms with Crippen LogP contribution in [0.4, 0.5) is 16.2 Å². The number of nitrogens with two attached hydrogens (primary N) is 1. The van der Waals surface area contributed by atoms with Gasteiger partial charge in [-0.1, -0.05) is 26.8 Å². The van der Waals surface area contributed by atoms with Gasteiger partial charge < -0.3 is 20.8 Å². The number of hydrogen-bond donors (Lipinski definition) is 4. The van der Waals surface area contributed by atoms with E-state index >= 15 is 0 Å². The van der Waals surface area contributed by atoms with Crippen LogP contribution in [0.2, 0.25) is 0 Å². The summed E-state index contributed by atoms with van der Waals surface area (Å²) in [4.78, 5) is 12.3. The summed E-state index contributed by atoms with van der Waals surface area (Å²) >= 11 is 7.00. The van der Waals surface area contributed by atoms with E-state index in [-0.39, 0.29) is 12.0 Å². The maximum atomic E-state index is 11.1. The van der Waals surface area contributed by atoms with Crippen molar-refractivity contribution < 1.29 is 15.0 Å². The number of fused-ring (bicyclic) bond motifs is 1. The molecule has 0 saturated heterocycles. The van der Waals surface area contributed by atoms with E-state index in [1.165, 1.54) is 0 Å². The molecule has 2 atom stereocenters. The average molecular weight is 342 g/mol. The van der Waals surface area contributed by atoms with Crippen molar-refractivity contribution in [3.63, 3.8) is 0 Å². The van der Waals surface area contributed by atoms with Crippen LogP contribution < -0.4 is 16.0 Å². The van der Waals surface area contributed by atoms with Crippen molar-refractivity contribution in [2.24, 2.45) is 11.1 Å². The number of benzene rings is 1. The average Bonchev–Trinajstić information content (AvgIpc) is 2.73. The minimum Gasteiger partial charge on any atom is -0.465 e. The molecule has 1 heterocycles. The number of nitrogens with zero attached hydrogens (tertiary/aromatic N) is 1. The van der Waals surface area contributed by atoms with Gasteiger partial charge in [0.2, 0.25) is 0 Å². The molecule has 1 aromatic rings. The van der Waals surface area contributed by atoms with Crippen LogP contribution in [-0.2, 0) is 4.87 Å². The van der Waals surface area contributed by atoms with Gasteiger partial charge in [-0.2, -0.15) is 0 Å². The van der Waals surface area contributed by atoms with E-state index in [1.807, 2.05) is 31.7 Å². The lowest BCUT2D eigenvalue weighted by atomic mass is 9.76. The van der Waals surface area contributed by atoms with Crippen molar-refractivity contribution in [3.05, 3.63) is 23.8 Å². The standard InChI is InChI=1S/C16H24ClN3O3/c1-15(2,3)16(17)9-20(8-10(21)7-18)12-6-4-5-11(13(12)16)19-14(22)23/h4-6,10,19,21H,7-9,18H2,1-3H3,(H,22,23). The van der Waals surface area contributed by atoms with Gasteiger partial charge in [0.1, 0.15) is 0 Å². The molecule has 0 bridgehead atoms. The van der Waals surface area contributed by atoms with Gasteiger partial charge in [0.25, 0.3) is 0 Å². The van der Waals surface area contributed by atoms with E-state index in [1.54, 1.807) is 12.1 Å². The van der Waals surface area contributed by atoms with Crippen LogP contribution >= 0.6 is 11.6 Å². The number of hydrogen-bond acceptors (Lipinski definition) is 4. The molecule has 0 aromatic heterocycles. The predicted molar refractivity (Wildman–Crippen MR) is 92.3 cm³/mol. The number of β-amino-alcohol motifs (C(OH)–C–C–N with tert-alkyl or cyclic N) is 1. The summed E-state index contributed by atoms with van der Waals surface area (Å²) in [6.07, 6.45) is -1.80. The van der Waals surface area contributed by atoms with E-state index < -0.39 is 17.1 Å². The topological polar surface area (TPSA) is 98.8 Å². The summed E-state index contributed by atoms with van der Waals surface area (Å²) in [7, 11) is 0. The van der Waals surface area contributed by atoms with Gasteiger partial charge >= 0.3 is 6.09 Å². The molecule has 1 aliphatic rings. The zero-order chi connectivity index (χ0) is 17.4. The Morgan fingerprint density at radius 1 is 1.52 bits per heavy atom. The van der Waals surface area contributed by atoms with Gasteiger partial charge in [-0.15, -0.1) is 11.6 Å². The fourth-order valence-electron chi connectivity index (χ4n) is 2.97. The summed E-state index contributed by atoms with van der Waals surface area (Å²) in [6, 6.07) is 5.37. The number of nitrogens with one attached hydrogen (secondary N) is 1. The summed E-state index contributed by atoms with van der Waals surface area (Å²) in [5.41, 5.74) is 7.26. The molecule has 2 unspecified atom stereocenters. The molecule has 0 fully saturated rings. The second kappa shape index (κ2) is 6.19. The highest BCUT2D eigenvalue weighted by atomic mass is 35.5. The molecule has 2 rings (SSSR count). The van der Waals surface area contributed by atoms with E-state index in [0.29, 0.717) is 18.8 Å². The highest BCUT2D eigenvalue weighted by Gasteiger charge is 2.51. The number of amides is 1.